The van der Waals surface area contributed by atoms with Gasteiger partial charge < -0.3 is 14.6 Å². The van der Waals surface area contributed by atoms with E-state index in [1.807, 2.05) is 22.9 Å². The summed E-state index contributed by atoms with van der Waals surface area (Å²) in [5.74, 6) is 1.86. The van der Waals surface area contributed by atoms with Crippen molar-refractivity contribution in [3.63, 3.8) is 0 Å². The summed E-state index contributed by atoms with van der Waals surface area (Å²) in [5, 5.41) is 10.7. The van der Waals surface area contributed by atoms with Crippen LogP contribution in [-0.4, -0.2) is 29.2 Å². The molecule has 0 spiro atoms. The molecule has 27 heavy (non-hydrogen) atoms. The number of benzene rings is 1. The number of carbonyl (C=O) groups excluding carboxylic acids is 1. The molecule has 1 N–H and O–H groups in total. The first-order valence-corrected chi connectivity index (χ1v) is 10.1. The van der Waals surface area contributed by atoms with E-state index in [0.29, 0.717) is 37.7 Å². The van der Waals surface area contributed by atoms with E-state index in [4.69, 9.17) is 9.26 Å². The van der Waals surface area contributed by atoms with Crippen LogP contribution >= 0.6 is 11.3 Å². The molecule has 0 saturated heterocycles. The Hall–Kier alpha value is -2.67. The Balaban J connectivity index is 1.16. The second-order valence-electron chi connectivity index (χ2n) is 6.51. The maximum Gasteiger partial charge on any atom is 0.227 e. The van der Waals surface area contributed by atoms with Gasteiger partial charge in [0.2, 0.25) is 17.6 Å². The molecule has 0 saturated carbocycles. The van der Waals surface area contributed by atoms with Gasteiger partial charge in [-0.25, -0.2) is 0 Å². The smallest absolute Gasteiger partial charge is 0.227 e. The summed E-state index contributed by atoms with van der Waals surface area (Å²) < 4.78 is 10.9. The summed E-state index contributed by atoms with van der Waals surface area (Å²) >= 11 is 1.58. The first kappa shape index (κ1) is 17.7. The molecule has 1 aliphatic rings. The van der Waals surface area contributed by atoms with E-state index in [1.165, 1.54) is 24.0 Å². The van der Waals surface area contributed by atoms with E-state index in [9.17, 15) is 4.79 Å². The number of thiophene rings is 1. The van der Waals surface area contributed by atoms with Crippen LogP contribution in [-0.2, 0) is 24.1 Å². The van der Waals surface area contributed by atoms with Crippen molar-refractivity contribution in [1.82, 2.24) is 15.5 Å². The lowest BCUT2D eigenvalue weighted by Gasteiger charge is -2.09. The zero-order chi connectivity index (χ0) is 18.5. The maximum atomic E-state index is 12.0. The van der Waals surface area contributed by atoms with Crippen molar-refractivity contribution in [3.8, 4) is 17.1 Å². The quantitative estimate of drug-likeness (QED) is 0.603. The first-order valence-electron chi connectivity index (χ1n) is 9.14. The average Bonchev–Trinajstić information content (AvgIpc) is 3.44. The predicted octanol–water partition coefficient (Wildman–Crippen LogP) is 3.41. The minimum absolute atomic E-state index is 0.0529. The number of carbonyl (C=O) groups is 1. The standard InChI is InChI=1S/C20H21N3O3S/c24-18(6-7-19-22-20(23-26-19)16-8-11-27-13-16)21-9-10-25-17-5-4-14-2-1-3-15(14)12-17/h4-5,8,11-13H,1-3,6-7,9-10H2,(H,21,24). The molecule has 4 rings (SSSR count). The molecule has 2 heterocycles. The lowest BCUT2D eigenvalue weighted by atomic mass is 10.1. The monoisotopic (exact) mass is 383 g/mol. The van der Waals surface area contributed by atoms with Crippen molar-refractivity contribution >= 4 is 17.2 Å². The van der Waals surface area contributed by atoms with Crippen molar-refractivity contribution in [2.24, 2.45) is 0 Å². The van der Waals surface area contributed by atoms with E-state index in [-0.39, 0.29) is 5.91 Å². The Morgan fingerprint density at radius 2 is 2.19 bits per heavy atom. The second kappa shape index (κ2) is 8.35. The van der Waals surface area contributed by atoms with Gasteiger partial charge in [0.1, 0.15) is 12.4 Å². The highest BCUT2D eigenvalue weighted by Gasteiger charge is 2.12. The zero-order valence-corrected chi connectivity index (χ0v) is 15.8. The highest BCUT2D eigenvalue weighted by molar-refractivity contribution is 7.08. The summed E-state index contributed by atoms with van der Waals surface area (Å²) in [5.41, 5.74) is 3.75. The van der Waals surface area contributed by atoms with Gasteiger partial charge >= 0.3 is 0 Å². The molecule has 0 radical (unpaired) electrons. The number of rotatable bonds is 8. The van der Waals surface area contributed by atoms with E-state index < -0.39 is 0 Å². The molecule has 1 aromatic carbocycles. The summed E-state index contributed by atoms with van der Waals surface area (Å²) in [6.07, 6.45) is 4.26. The van der Waals surface area contributed by atoms with Crippen LogP contribution < -0.4 is 10.1 Å². The van der Waals surface area contributed by atoms with E-state index in [2.05, 4.69) is 27.6 Å². The van der Waals surface area contributed by atoms with Crippen LogP contribution in [0.3, 0.4) is 0 Å². The third-order valence-electron chi connectivity index (χ3n) is 4.58. The number of fused-ring (bicyclic) bond motifs is 1. The molecule has 0 bridgehead atoms. The number of aromatic nitrogens is 2. The minimum atomic E-state index is -0.0529. The Morgan fingerprint density at radius 1 is 1.26 bits per heavy atom. The highest BCUT2D eigenvalue weighted by atomic mass is 32.1. The van der Waals surface area contributed by atoms with Gasteiger partial charge in [0, 0.05) is 23.8 Å². The third-order valence-corrected chi connectivity index (χ3v) is 5.26. The molecule has 0 unspecified atom stereocenters. The van der Waals surface area contributed by atoms with Crippen molar-refractivity contribution in [2.75, 3.05) is 13.2 Å². The normalized spacial score (nSPS) is 12.7. The minimum Gasteiger partial charge on any atom is -0.492 e. The molecule has 0 atom stereocenters. The van der Waals surface area contributed by atoms with Gasteiger partial charge in [-0.2, -0.15) is 16.3 Å². The average molecular weight is 383 g/mol. The Labute approximate surface area is 161 Å². The Morgan fingerprint density at radius 3 is 3.07 bits per heavy atom. The summed E-state index contributed by atoms with van der Waals surface area (Å²) in [6, 6.07) is 8.20. The number of aryl methyl sites for hydroxylation is 3. The molecule has 0 aliphatic heterocycles. The third kappa shape index (κ3) is 4.54. The number of hydrogen-bond donors (Lipinski definition) is 1. The number of nitrogens with one attached hydrogen (secondary N) is 1. The van der Waals surface area contributed by atoms with Crippen LogP contribution in [0.15, 0.2) is 39.5 Å². The molecule has 0 fully saturated rings. The van der Waals surface area contributed by atoms with Crippen molar-refractivity contribution < 1.29 is 14.1 Å². The topological polar surface area (TPSA) is 77.2 Å². The van der Waals surface area contributed by atoms with Gasteiger partial charge in [-0.15, -0.1) is 0 Å². The number of amides is 1. The van der Waals surface area contributed by atoms with Crippen LogP contribution in [0, 0.1) is 0 Å². The van der Waals surface area contributed by atoms with Crippen molar-refractivity contribution in [3.05, 3.63) is 52.0 Å². The number of nitrogens with zero attached hydrogens (tertiary/aromatic N) is 2. The number of hydrogen-bond acceptors (Lipinski definition) is 6. The molecule has 1 amide bonds. The SMILES string of the molecule is O=C(CCc1nc(-c2ccsc2)no1)NCCOc1ccc2c(c1)CCC2. The lowest BCUT2D eigenvalue weighted by molar-refractivity contribution is -0.121. The number of ether oxygens (including phenoxy) is 1. The summed E-state index contributed by atoms with van der Waals surface area (Å²) in [4.78, 5) is 16.3. The van der Waals surface area contributed by atoms with Gasteiger partial charge in [0.05, 0.1) is 6.54 Å². The van der Waals surface area contributed by atoms with E-state index in [0.717, 1.165) is 17.7 Å². The van der Waals surface area contributed by atoms with Gasteiger partial charge in [0.15, 0.2) is 0 Å². The largest absolute Gasteiger partial charge is 0.492 e. The molecule has 7 heteroatoms. The molecule has 6 nitrogen and oxygen atoms in total. The van der Waals surface area contributed by atoms with Crippen molar-refractivity contribution in [1.29, 1.82) is 0 Å². The summed E-state index contributed by atoms with van der Waals surface area (Å²) in [6.45, 7) is 0.924. The maximum absolute atomic E-state index is 12.0. The van der Waals surface area contributed by atoms with Crippen LogP contribution in [0.2, 0.25) is 0 Å². The molecular weight excluding hydrogens is 362 g/mol. The fraction of sp³-hybridized carbons (Fsp3) is 0.350. The molecule has 140 valence electrons. The molecule has 3 aromatic rings. The second-order valence-corrected chi connectivity index (χ2v) is 7.29. The van der Waals surface area contributed by atoms with Gasteiger partial charge in [0.25, 0.3) is 0 Å². The Kier molecular flexibility index (Phi) is 5.48. The highest BCUT2D eigenvalue weighted by Crippen LogP contribution is 2.25. The van der Waals surface area contributed by atoms with Crippen LogP contribution in [0.25, 0.3) is 11.4 Å². The van der Waals surface area contributed by atoms with Crippen LogP contribution in [0.5, 0.6) is 5.75 Å². The van der Waals surface area contributed by atoms with Gasteiger partial charge in [-0.1, -0.05) is 11.2 Å². The van der Waals surface area contributed by atoms with Crippen molar-refractivity contribution in [2.45, 2.75) is 32.1 Å². The first-order chi connectivity index (χ1) is 13.3. The summed E-state index contributed by atoms with van der Waals surface area (Å²) in [7, 11) is 0. The van der Waals surface area contributed by atoms with E-state index in [1.54, 1.807) is 11.3 Å². The fourth-order valence-corrected chi connectivity index (χ4v) is 3.81. The lowest BCUT2D eigenvalue weighted by Crippen LogP contribution is -2.28. The van der Waals surface area contributed by atoms with Crippen LogP contribution in [0.4, 0.5) is 0 Å². The van der Waals surface area contributed by atoms with Gasteiger partial charge in [-0.05, 0) is 54.0 Å². The van der Waals surface area contributed by atoms with Crippen LogP contribution in [0.1, 0.15) is 29.9 Å². The fourth-order valence-electron chi connectivity index (χ4n) is 3.17. The molecule has 1 aliphatic carbocycles. The van der Waals surface area contributed by atoms with Gasteiger partial charge in [-0.3, -0.25) is 4.79 Å². The molecule has 2 aromatic heterocycles. The van der Waals surface area contributed by atoms with E-state index >= 15 is 0 Å². The Bertz CT molecular complexity index is 905. The molecular formula is C20H21N3O3S. The zero-order valence-electron chi connectivity index (χ0n) is 14.9. The predicted molar refractivity (Wildman–Crippen MR) is 103 cm³/mol.